The highest BCUT2D eigenvalue weighted by molar-refractivity contribution is 5.43. The molecule has 96 valence electrons. The van der Waals surface area contributed by atoms with Crippen molar-refractivity contribution in [1.82, 2.24) is 0 Å². The summed E-state index contributed by atoms with van der Waals surface area (Å²) >= 11 is 0. The maximum absolute atomic E-state index is 6.03. The molecule has 0 saturated carbocycles. The molecule has 0 radical (unpaired) electrons. The molecule has 0 fully saturated rings. The standard InChI is InChI=1S/C13H19NO.C2H6/c1-4-7-11-10(6-3)13(9-12(11)14)15-8-5-2;1-2/h4-7,12-13H,2-3,8-9,14H2,1H3;1-2H3/b7-4-;. The predicted octanol–water partition coefficient (Wildman–Crippen LogP) is 3.37. The number of hydrogen-bond donors (Lipinski definition) is 1. The molecule has 0 bridgehead atoms. The average molecular weight is 235 g/mol. The van der Waals surface area contributed by atoms with Crippen molar-refractivity contribution in [3.8, 4) is 0 Å². The first-order valence-corrected chi connectivity index (χ1v) is 6.21. The van der Waals surface area contributed by atoms with Gasteiger partial charge in [-0.15, -0.1) is 6.58 Å². The van der Waals surface area contributed by atoms with Gasteiger partial charge in [0.2, 0.25) is 0 Å². The summed E-state index contributed by atoms with van der Waals surface area (Å²) < 4.78 is 5.64. The SMILES string of the molecule is C=CCOC1CC(N)C(/C=C\C)=C1C=C.CC. The summed E-state index contributed by atoms with van der Waals surface area (Å²) in [5.41, 5.74) is 8.28. The van der Waals surface area contributed by atoms with Gasteiger partial charge in [0.25, 0.3) is 0 Å². The van der Waals surface area contributed by atoms with Crippen LogP contribution < -0.4 is 5.73 Å². The molecule has 2 N–H and O–H groups in total. The normalized spacial score (nSPS) is 23.5. The number of ether oxygens (including phenoxy) is 1. The van der Waals surface area contributed by atoms with Crippen molar-refractivity contribution in [1.29, 1.82) is 0 Å². The first-order chi connectivity index (χ1) is 8.24. The van der Waals surface area contributed by atoms with Crippen molar-refractivity contribution >= 4 is 0 Å². The van der Waals surface area contributed by atoms with Crippen LogP contribution in [0, 0.1) is 0 Å². The highest BCUT2D eigenvalue weighted by Crippen LogP contribution is 2.29. The molecule has 0 spiro atoms. The second kappa shape index (κ2) is 8.97. The maximum atomic E-state index is 6.03. The van der Waals surface area contributed by atoms with E-state index in [1.807, 2.05) is 39.0 Å². The van der Waals surface area contributed by atoms with Gasteiger partial charge in [0.05, 0.1) is 12.7 Å². The predicted molar refractivity (Wildman–Crippen MR) is 75.9 cm³/mol. The quantitative estimate of drug-likeness (QED) is 0.741. The van der Waals surface area contributed by atoms with Crippen LogP contribution in [-0.2, 0) is 4.74 Å². The summed E-state index contributed by atoms with van der Waals surface area (Å²) in [7, 11) is 0. The van der Waals surface area contributed by atoms with Gasteiger partial charge < -0.3 is 10.5 Å². The summed E-state index contributed by atoms with van der Waals surface area (Å²) in [6.45, 7) is 14.0. The zero-order valence-corrected chi connectivity index (χ0v) is 11.3. The highest BCUT2D eigenvalue weighted by atomic mass is 16.5. The van der Waals surface area contributed by atoms with E-state index in [1.54, 1.807) is 6.08 Å². The van der Waals surface area contributed by atoms with E-state index in [9.17, 15) is 0 Å². The molecular formula is C15H25NO. The van der Waals surface area contributed by atoms with Gasteiger partial charge in [0.15, 0.2) is 0 Å². The molecule has 0 aromatic rings. The van der Waals surface area contributed by atoms with E-state index >= 15 is 0 Å². The van der Waals surface area contributed by atoms with Crippen molar-refractivity contribution in [3.05, 3.63) is 48.6 Å². The van der Waals surface area contributed by atoms with Crippen LogP contribution in [0.1, 0.15) is 27.2 Å². The molecule has 0 aromatic heterocycles. The van der Waals surface area contributed by atoms with Crippen molar-refractivity contribution in [2.24, 2.45) is 5.73 Å². The van der Waals surface area contributed by atoms with Crippen molar-refractivity contribution in [3.63, 3.8) is 0 Å². The van der Waals surface area contributed by atoms with Crippen LogP contribution in [0.2, 0.25) is 0 Å². The lowest BCUT2D eigenvalue weighted by atomic mass is 10.1. The molecule has 0 aromatic carbocycles. The van der Waals surface area contributed by atoms with Crippen molar-refractivity contribution < 1.29 is 4.74 Å². The third-order valence-electron chi connectivity index (χ3n) is 2.53. The van der Waals surface area contributed by atoms with Crippen LogP contribution in [0.4, 0.5) is 0 Å². The number of rotatable bonds is 5. The Kier molecular flexibility index (Phi) is 8.38. The molecule has 2 unspecified atom stereocenters. The van der Waals surface area contributed by atoms with Crippen LogP contribution >= 0.6 is 0 Å². The van der Waals surface area contributed by atoms with Crippen LogP contribution in [-0.4, -0.2) is 18.8 Å². The van der Waals surface area contributed by atoms with Gasteiger partial charge >= 0.3 is 0 Å². The van der Waals surface area contributed by atoms with Gasteiger partial charge in [-0.3, -0.25) is 0 Å². The molecule has 1 aliphatic carbocycles. The Morgan fingerprint density at radius 3 is 2.47 bits per heavy atom. The van der Waals surface area contributed by atoms with Gasteiger partial charge in [0.1, 0.15) is 0 Å². The Labute approximate surface area is 106 Å². The minimum Gasteiger partial charge on any atom is -0.369 e. The molecule has 0 heterocycles. The van der Waals surface area contributed by atoms with E-state index in [1.165, 1.54) is 0 Å². The molecule has 2 atom stereocenters. The van der Waals surface area contributed by atoms with Crippen LogP contribution in [0.25, 0.3) is 0 Å². The Hall–Kier alpha value is -1.12. The first-order valence-electron chi connectivity index (χ1n) is 6.21. The zero-order valence-electron chi connectivity index (χ0n) is 11.3. The average Bonchev–Trinajstić information content (AvgIpc) is 2.66. The van der Waals surface area contributed by atoms with Gasteiger partial charge in [-0.05, 0) is 24.5 Å². The summed E-state index contributed by atoms with van der Waals surface area (Å²) in [5, 5.41) is 0. The van der Waals surface area contributed by atoms with Crippen LogP contribution in [0.15, 0.2) is 48.6 Å². The van der Waals surface area contributed by atoms with Gasteiger partial charge in [-0.25, -0.2) is 0 Å². The third-order valence-corrected chi connectivity index (χ3v) is 2.53. The Morgan fingerprint density at radius 2 is 2.00 bits per heavy atom. The van der Waals surface area contributed by atoms with E-state index in [-0.39, 0.29) is 12.1 Å². The van der Waals surface area contributed by atoms with E-state index in [0.29, 0.717) is 6.61 Å². The second-order valence-corrected chi connectivity index (χ2v) is 3.57. The van der Waals surface area contributed by atoms with Gasteiger partial charge in [0, 0.05) is 6.04 Å². The Bertz CT molecular complexity index is 302. The Morgan fingerprint density at radius 1 is 1.35 bits per heavy atom. The van der Waals surface area contributed by atoms with E-state index in [2.05, 4.69) is 13.2 Å². The molecule has 2 heteroatoms. The fourth-order valence-corrected chi connectivity index (χ4v) is 1.88. The van der Waals surface area contributed by atoms with E-state index in [0.717, 1.165) is 17.6 Å². The minimum absolute atomic E-state index is 0.0593. The number of nitrogens with two attached hydrogens (primary N) is 1. The second-order valence-electron chi connectivity index (χ2n) is 3.57. The monoisotopic (exact) mass is 235 g/mol. The molecule has 0 amide bonds. The molecular weight excluding hydrogens is 210 g/mol. The zero-order chi connectivity index (χ0) is 13.3. The maximum Gasteiger partial charge on any atom is 0.0850 e. The highest BCUT2D eigenvalue weighted by Gasteiger charge is 2.28. The van der Waals surface area contributed by atoms with Gasteiger partial charge in [-0.2, -0.15) is 0 Å². The summed E-state index contributed by atoms with van der Waals surface area (Å²) in [6.07, 6.45) is 8.53. The fraction of sp³-hybridized carbons (Fsp3) is 0.467. The van der Waals surface area contributed by atoms with Crippen molar-refractivity contribution in [2.45, 2.75) is 39.3 Å². The lowest BCUT2D eigenvalue weighted by Crippen LogP contribution is -2.21. The molecule has 0 saturated heterocycles. The third kappa shape index (κ3) is 4.33. The lowest BCUT2D eigenvalue weighted by Gasteiger charge is -2.12. The van der Waals surface area contributed by atoms with Gasteiger partial charge in [-0.1, -0.05) is 44.7 Å². The molecule has 1 aliphatic rings. The molecule has 1 rings (SSSR count). The molecule has 2 nitrogen and oxygen atoms in total. The van der Waals surface area contributed by atoms with Crippen molar-refractivity contribution in [2.75, 3.05) is 6.61 Å². The topological polar surface area (TPSA) is 35.2 Å². The summed E-state index contributed by atoms with van der Waals surface area (Å²) in [5.74, 6) is 0. The largest absolute Gasteiger partial charge is 0.369 e. The van der Waals surface area contributed by atoms with Crippen LogP contribution in [0.5, 0.6) is 0 Å². The minimum atomic E-state index is 0.0593. The van der Waals surface area contributed by atoms with Crippen LogP contribution in [0.3, 0.4) is 0 Å². The number of hydrogen-bond acceptors (Lipinski definition) is 2. The summed E-state index contributed by atoms with van der Waals surface area (Å²) in [4.78, 5) is 0. The number of allylic oxidation sites excluding steroid dienone is 1. The lowest BCUT2D eigenvalue weighted by molar-refractivity contribution is 0.102. The smallest absolute Gasteiger partial charge is 0.0850 e. The van der Waals surface area contributed by atoms with E-state index < -0.39 is 0 Å². The first kappa shape index (κ1) is 15.9. The van der Waals surface area contributed by atoms with E-state index in [4.69, 9.17) is 10.5 Å². The molecule has 0 aliphatic heterocycles. The molecule has 17 heavy (non-hydrogen) atoms. The Balaban J connectivity index is 0.00000121. The summed E-state index contributed by atoms with van der Waals surface area (Å²) in [6, 6.07) is 0.0593. The fourth-order valence-electron chi connectivity index (χ4n) is 1.88.